The van der Waals surface area contributed by atoms with E-state index in [0.29, 0.717) is 19.4 Å². The van der Waals surface area contributed by atoms with Crippen LogP contribution in [0.5, 0.6) is 0 Å². The number of para-hydroxylation sites is 1. The predicted octanol–water partition coefficient (Wildman–Crippen LogP) is 4.08. The van der Waals surface area contributed by atoms with Crippen molar-refractivity contribution in [1.29, 1.82) is 0 Å². The molecule has 0 bridgehead atoms. The number of benzene rings is 2. The Morgan fingerprint density at radius 1 is 1.13 bits per heavy atom. The average Bonchev–Trinajstić information content (AvgIpc) is 3.09. The van der Waals surface area contributed by atoms with Crippen molar-refractivity contribution in [3.63, 3.8) is 0 Å². The second kappa shape index (κ2) is 9.25. The van der Waals surface area contributed by atoms with Gasteiger partial charge >= 0.3 is 12.0 Å². The quantitative estimate of drug-likeness (QED) is 0.540. The first-order chi connectivity index (χ1) is 15.1. The normalized spacial score (nSPS) is 16.5. The predicted molar refractivity (Wildman–Crippen MR) is 121 cm³/mol. The average molecular weight is 420 g/mol. The Morgan fingerprint density at radius 2 is 1.87 bits per heavy atom. The van der Waals surface area contributed by atoms with Gasteiger partial charge in [-0.15, -0.1) is 0 Å². The molecule has 0 spiro atoms. The smallest absolute Gasteiger partial charge is 0.326 e. The summed E-state index contributed by atoms with van der Waals surface area (Å²) in [4.78, 5) is 24.3. The van der Waals surface area contributed by atoms with Crippen LogP contribution in [0.3, 0.4) is 0 Å². The fourth-order valence-electron chi connectivity index (χ4n) is 4.69. The lowest BCUT2D eigenvalue weighted by Crippen LogP contribution is -2.45. The van der Waals surface area contributed by atoms with Crippen LogP contribution < -0.4 is 10.6 Å². The summed E-state index contributed by atoms with van der Waals surface area (Å²) in [6.07, 6.45) is 3.59. The summed E-state index contributed by atoms with van der Waals surface area (Å²) in [7, 11) is 0. The topological polar surface area (TPSA) is 83.4 Å². The van der Waals surface area contributed by atoms with Gasteiger partial charge in [0.1, 0.15) is 6.04 Å². The molecule has 31 heavy (non-hydrogen) atoms. The van der Waals surface area contributed by atoms with Gasteiger partial charge in [-0.25, -0.2) is 9.59 Å². The highest BCUT2D eigenvalue weighted by Crippen LogP contribution is 2.35. The zero-order valence-electron chi connectivity index (χ0n) is 17.8. The van der Waals surface area contributed by atoms with Crippen LogP contribution in [-0.2, 0) is 24.1 Å². The first-order valence-corrected chi connectivity index (χ1v) is 11.0. The lowest BCUT2D eigenvalue weighted by atomic mass is 9.91. The molecular formula is C25H29N3O3. The third-order valence-corrected chi connectivity index (χ3v) is 6.17. The first kappa shape index (κ1) is 21.0. The molecule has 2 atom stereocenters. The van der Waals surface area contributed by atoms with Crippen LogP contribution in [0.1, 0.15) is 42.6 Å². The lowest BCUT2D eigenvalue weighted by molar-refractivity contribution is -0.140. The number of carbonyl (C=O) groups excluding carboxylic acids is 1. The van der Waals surface area contributed by atoms with Gasteiger partial charge in [0.25, 0.3) is 0 Å². The van der Waals surface area contributed by atoms with Gasteiger partial charge in [0.2, 0.25) is 0 Å². The summed E-state index contributed by atoms with van der Waals surface area (Å²) in [6.45, 7) is 2.50. The number of fused-ring (bicyclic) bond motifs is 3. The molecule has 2 amide bonds. The Balaban J connectivity index is 1.46. The summed E-state index contributed by atoms with van der Waals surface area (Å²) in [5.74, 6) is -0.802. The molecule has 2 aromatic carbocycles. The zero-order valence-corrected chi connectivity index (χ0v) is 17.8. The number of urea groups is 1. The maximum absolute atomic E-state index is 12.4. The van der Waals surface area contributed by atoms with E-state index >= 15 is 0 Å². The number of nitrogens with one attached hydrogen (secondary N) is 2. The van der Waals surface area contributed by atoms with E-state index in [1.807, 2.05) is 47.9 Å². The van der Waals surface area contributed by atoms with Crippen molar-refractivity contribution in [3.8, 4) is 0 Å². The fraction of sp³-hybridized carbons (Fsp3) is 0.360. The Labute approximate surface area is 182 Å². The van der Waals surface area contributed by atoms with Gasteiger partial charge in [-0.3, -0.25) is 0 Å². The fourth-order valence-corrected chi connectivity index (χ4v) is 4.69. The van der Waals surface area contributed by atoms with Crippen LogP contribution in [-0.4, -0.2) is 34.3 Å². The molecule has 6 nitrogen and oxygen atoms in total. The molecule has 1 unspecified atom stereocenters. The third kappa shape index (κ3) is 4.43. The van der Waals surface area contributed by atoms with E-state index in [0.717, 1.165) is 41.4 Å². The molecular weight excluding hydrogens is 390 g/mol. The number of amides is 2. The highest BCUT2D eigenvalue weighted by atomic mass is 16.4. The molecule has 162 valence electrons. The zero-order chi connectivity index (χ0) is 21.8. The van der Waals surface area contributed by atoms with Crippen LogP contribution in [0.15, 0.2) is 54.6 Å². The van der Waals surface area contributed by atoms with Gasteiger partial charge in [0.05, 0.1) is 0 Å². The van der Waals surface area contributed by atoms with Gasteiger partial charge in [0, 0.05) is 29.2 Å². The number of hydrogen-bond acceptors (Lipinski definition) is 2. The molecule has 1 aliphatic carbocycles. The molecule has 0 saturated carbocycles. The van der Waals surface area contributed by atoms with E-state index in [2.05, 4.69) is 28.8 Å². The molecule has 3 aromatic rings. The number of carboxylic acids is 1. The van der Waals surface area contributed by atoms with Crippen molar-refractivity contribution in [2.24, 2.45) is 0 Å². The molecule has 6 heteroatoms. The Morgan fingerprint density at radius 3 is 2.61 bits per heavy atom. The van der Waals surface area contributed by atoms with Crippen molar-refractivity contribution in [3.05, 3.63) is 71.4 Å². The third-order valence-electron chi connectivity index (χ3n) is 6.17. The maximum Gasteiger partial charge on any atom is 0.326 e. The number of aliphatic carboxylic acids is 1. The van der Waals surface area contributed by atoms with E-state index < -0.39 is 12.0 Å². The molecule has 0 fully saturated rings. The van der Waals surface area contributed by atoms with Crippen molar-refractivity contribution in [2.75, 3.05) is 6.54 Å². The number of rotatable bonds is 7. The maximum atomic E-state index is 12.4. The minimum atomic E-state index is -0.802. The molecule has 1 aromatic heterocycles. The van der Waals surface area contributed by atoms with Gasteiger partial charge in [-0.2, -0.15) is 0 Å². The summed E-state index contributed by atoms with van der Waals surface area (Å²) in [5, 5.41) is 16.9. The van der Waals surface area contributed by atoms with Gasteiger partial charge in [-0.1, -0.05) is 55.5 Å². The molecule has 0 radical (unpaired) electrons. The van der Waals surface area contributed by atoms with E-state index in [-0.39, 0.29) is 12.1 Å². The Kier molecular flexibility index (Phi) is 6.26. The summed E-state index contributed by atoms with van der Waals surface area (Å²) in [6, 6.07) is 17.4. The summed E-state index contributed by atoms with van der Waals surface area (Å²) >= 11 is 0. The number of nitrogens with zero attached hydrogens (tertiary/aromatic N) is 1. The Bertz CT molecular complexity index is 1070. The van der Waals surface area contributed by atoms with Crippen LogP contribution in [0.25, 0.3) is 10.9 Å². The standard InChI is InChI=1S/C25H29N3O3/c1-2-21(24(29)30)28-22-11-7-6-10-19(22)20-16-18(12-13-23(20)28)27-25(31)26-15-14-17-8-4-3-5-9-17/h3-11,18,21H,2,12-16H2,1H3,(H,29,30)(H2,26,27,31)/t18-,21?/m1/s1. The van der Waals surface area contributed by atoms with Crippen LogP contribution in [0.2, 0.25) is 0 Å². The minimum Gasteiger partial charge on any atom is -0.480 e. The molecule has 0 saturated heterocycles. The lowest BCUT2D eigenvalue weighted by Gasteiger charge is -2.26. The van der Waals surface area contributed by atoms with E-state index in [4.69, 9.17) is 0 Å². The second-order valence-corrected chi connectivity index (χ2v) is 8.15. The monoisotopic (exact) mass is 419 g/mol. The Hall–Kier alpha value is -3.28. The van der Waals surface area contributed by atoms with Crippen molar-refractivity contribution < 1.29 is 14.7 Å². The molecule has 1 heterocycles. The van der Waals surface area contributed by atoms with Crippen molar-refractivity contribution >= 4 is 22.9 Å². The van der Waals surface area contributed by atoms with Crippen LogP contribution in [0, 0.1) is 0 Å². The van der Waals surface area contributed by atoms with Gasteiger partial charge < -0.3 is 20.3 Å². The number of carboxylic acid groups (broad SMARTS) is 1. The van der Waals surface area contributed by atoms with Crippen molar-refractivity contribution in [2.45, 2.75) is 51.1 Å². The second-order valence-electron chi connectivity index (χ2n) is 8.15. The minimum absolute atomic E-state index is 0.0355. The van der Waals surface area contributed by atoms with E-state index in [1.54, 1.807) is 0 Å². The van der Waals surface area contributed by atoms with Crippen LogP contribution in [0.4, 0.5) is 4.79 Å². The van der Waals surface area contributed by atoms with E-state index in [1.165, 1.54) is 5.56 Å². The van der Waals surface area contributed by atoms with Crippen LogP contribution >= 0.6 is 0 Å². The van der Waals surface area contributed by atoms with Gasteiger partial charge in [-0.05, 0) is 49.3 Å². The SMILES string of the molecule is CCC(C(=O)O)n1c2c(c3ccccc31)C[C@H](NC(=O)NCCc1ccccc1)CC2. The first-order valence-electron chi connectivity index (χ1n) is 11.0. The number of hydrogen-bond donors (Lipinski definition) is 3. The highest BCUT2D eigenvalue weighted by Gasteiger charge is 2.30. The number of carbonyl (C=O) groups is 2. The van der Waals surface area contributed by atoms with Gasteiger partial charge in [0.15, 0.2) is 0 Å². The molecule has 4 rings (SSSR count). The molecule has 3 N–H and O–H groups in total. The number of aromatic nitrogens is 1. The highest BCUT2D eigenvalue weighted by molar-refractivity contribution is 5.88. The van der Waals surface area contributed by atoms with E-state index in [9.17, 15) is 14.7 Å². The van der Waals surface area contributed by atoms with Crippen molar-refractivity contribution in [1.82, 2.24) is 15.2 Å². The summed E-state index contributed by atoms with van der Waals surface area (Å²) in [5.41, 5.74) is 4.42. The molecule has 0 aliphatic heterocycles. The molecule has 1 aliphatic rings. The largest absolute Gasteiger partial charge is 0.480 e. The summed E-state index contributed by atoms with van der Waals surface area (Å²) < 4.78 is 2.00.